The molecule has 1 fully saturated rings. The number of benzene rings is 1. The summed E-state index contributed by atoms with van der Waals surface area (Å²) in [6.07, 6.45) is 6.88. The molecule has 0 spiro atoms. The highest BCUT2D eigenvalue weighted by atomic mass is 16.5. The zero-order valence-corrected chi connectivity index (χ0v) is 14.1. The SMILES string of the molecule is Cn1cncc1[C@@H]1C[C@H](NC(=O)c2ccc3ncccc3c2)CCO1. The minimum atomic E-state index is -0.0543. The molecule has 3 aromatic rings. The molecule has 2 aromatic heterocycles. The highest BCUT2D eigenvalue weighted by Crippen LogP contribution is 2.27. The maximum Gasteiger partial charge on any atom is 0.251 e. The third kappa shape index (κ3) is 3.25. The first kappa shape index (κ1) is 15.8. The Kier molecular flexibility index (Phi) is 4.19. The molecular weight excluding hydrogens is 316 g/mol. The number of hydrogen-bond donors (Lipinski definition) is 1. The lowest BCUT2D eigenvalue weighted by Crippen LogP contribution is -2.40. The minimum absolute atomic E-state index is 0.0349. The number of carbonyl (C=O) groups excluding carboxylic acids is 1. The Balaban J connectivity index is 1.47. The zero-order valence-electron chi connectivity index (χ0n) is 14.1. The molecule has 0 bridgehead atoms. The Bertz CT molecular complexity index is 905. The van der Waals surface area contributed by atoms with Crippen molar-refractivity contribution in [3.63, 3.8) is 0 Å². The van der Waals surface area contributed by atoms with E-state index in [1.54, 1.807) is 12.5 Å². The van der Waals surface area contributed by atoms with Gasteiger partial charge in [0.05, 0.1) is 23.7 Å². The molecule has 4 rings (SSSR count). The molecule has 1 saturated heterocycles. The predicted molar refractivity (Wildman–Crippen MR) is 94.1 cm³/mol. The predicted octanol–water partition coefficient (Wildman–Crippen LogP) is 2.62. The summed E-state index contributed by atoms with van der Waals surface area (Å²) in [4.78, 5) is 21.1. The monoisotopic (exact) mass is 336 g/mol. The third-order valence-corrected chi connectivity index (χ3v) is 4.67. The molecule has 25 heavy (non-hydrogen) atoms. The van der Waals surface area contributed by atoms with Crippen molar-refractivity contribution in [2.75, 3.05) is 6.61 Å². The number of ether oxygens (including phenoxy) is 1. The van der Waals surface area contributed by atoms with Crippen molar-refractivity contribution in [3.05, 3.63) is 60.3 Å². The second-order valence-electron chi connectivity index (χ2n) is 6.39. The third-order valence-electron chi connectivity index (χ3n) is 4.67. The van der Waals surface area contributed by atoms with Gasteiger partial charge in [-0.25, -0.2) is 4.98 Å². The van der Waals surface area contributed by atoms with Gasteiger partial charge in [0.25, 0.3) is 5.91 Å². The van der Waals surface area contributed by atoms with Gasteiger partial charge in [-0.1, -0.05) is 6.07 Å². The quantitative estimate of drug-likeness (QED) is 0.798. The van der Waals surface area contributed by atoms with Crippen LogP contribution in [0.2, 0.25) is 0 Å². The molecule has 3 heterocycles. The van der Waals surface area contributed by atoms with Crippen LogP contribution in [0.1, 0.15) is 35.0 Å². The number of pyridine rings is 1. The van der Waals surface area contributed by atoms with E-state index in [-0.39, 0.29) is 18.1 Å². The lowest BCUT2D eigenvalue weighted by molar-refractivity contribution is -0.00301. The summed E-state index contributed by atoms with van der Waals surface area (Å²) < 4.78 is 7.82. The summed E-state index contributed by atoms with van der Waals surface area (Å²) >= 11 is 0. The molecule has 1 amide bonds. The van der Waals surface area contributed by atoms with Gasteiger partial charge in [0, 0.05) is 36.8 Å². The number of imidazole rings is 1. The average Bonchev–Trinajstić information content (AvgIpc) is 3.07. The van der Waals surface area contributed by atoms with Crippen LogP contribution in [-0.4, -0.2) is 33.1 Å². The molecule has 1 aliphatic heterocycles. The van der Waals surface area contributed by atoms with E-state index in [0.29, 0.717) is 12.2 Å². The van der Waals surface area contributed by atoms with Crippen LogP contribution in [0, 0.1) is 0 Å². The van der Waals surface area contributed by atoms with Crippen LogP contribution in [0.5, 0.6) is 0 Å². The number of hydrogen-bond acceptors (Lipinski definition) is 4. The smallest absolute Gasteiger partial charge is 0.251 e. The second-order valence-corrected chi connectivity index (χ2v) is 6.39. The van der Waals surface area contributed by atoms with E-state index in [4.69, 9.17) is 4.74 Å². The maximum absolute atomic E-state index is 12.6. The largest absolute Gasteiger partial charge is 0.372 e. The van der Waals surface area contributed by atoms with Crippen molar-refractivity contribution in [1.82, 2.24) is 19.9 Å². The molecule has 128 valence electrons. The number of fused-ring (bicyclic) bond motifs is 1. The number of rotatable bonds is 3. The van der Waals surface area contributed by atoms with Crippen molar-refractivity contribution in [1.29, 1.82) is 0 Å². The molecule has 1 N–H and O–H groups in total. The number of aryl methyl sites for hydroxylation is 1. The molecule has 0 radical (unpaired) electrons. The minimum Gasteiger partial charge on any atom is -0.372 e. The van der Waals surface area contributed by atoms with Crippen LogP contribution in [0.25, 0.3) is 10.9 Å². The van der Waals surface area contributed by atoms with E-state index in [2.05, 4.69) is 15.3 Å². The molecule has 1 aliphatic rings. The number of carbonyl (C=O) groups is 1. The maximum atomic E-state index is 12.6. The number of nitrogens with one attached hydrogen (secondary N) is 1. The fourth-order valence-electron chi connectivity index (χ4n) is 3.30. The summed E-state index contributed by atoms with van der Waals surface area (Å²) in [6.45, 7) is 0.627. The van der Waals surface area contributed by atoms with Crippen molar-refractivity contribution in [3.8, 4) is 0 Å². The van der Waals surface area contributed by atoms with Gasteiger partial charge in [-0.15, -0.1) is 0 Å². The number of nitrogens with zero attached hydrogens (tertiary/aromatic N) is 3. The van der Waals surface area contributed by atoms with E-state index in [9.17, 15) is 4.79 Å². The van der Waals surface area contributed by atoms with Crippen LogP contribution in [-0.2, 0) is 11.8 Å². The van der Waals surface area contributed by atoms with Crippen LogP contribution < -0.4 is 5.32 Å². The molecule has 0 unspecified atom stereocenters. The first-order chi connectivity index (χ1) is 12.2. The van der Waals surface area contributed by atoms with Crippen molar-refractivity contribution >= 4 is 16.8 Å². The highest BCUT2D eigenvalue weighted by Gasteiger charge is 2.27. The number of amides is 1. The van der Waals surface area contributed by atoms with E-state index in [1.165, 1.54) is 0 Å². The highest BCUT2D eigenvalue weighted by molar-refractivity contribution is 5.98. The Morgan fingerprint density at radius 3 is 3.12 bits per heavy atom. The zero-order chi connectivity index (χ0) is 17.2. The van der Waals surface area contributed by atoms with Gasteiger partial charge in [0.2, 0.25) is 0 Å². The normalized spacial score (nSPS) is 20.5. The van der Waals surface area contributed by atoms with Gasteiger partial charge in [-0.05, 0) is 37.1 Å². The van der Waals surface area contributed by atoms with E-state index in [1.807, 2.05) is 48.1 Å². The van der Waals surface area contributed by atoms with Gasteiger partial charge in [-0.3, -0.25) is 9.78 Å². The van der Waals surface area contributed by atoms with Gasteiger partial charge >= 0.3 is 0 Å². The Morgan fingerprint density at radius 1 is 1.36 bits per heavy atom. The summed E-state index contributed by atoms with van der Waals surface area (Å²) in [5.74, 6) is -0.0543. The summed E-state index contributed by atoms with van der Waals surface area (Å²) in [7, 11) is 1.96. The molecule has 2 atom stereocenters. The topological polar surface area (TPSA) is 69.0 Å². The lowest BCUT2D eigenvalue weighted by Gasteiger charge is -2.30. The second kappa shape index (κ2) is 6.64. The number of aromatic nitrogens is 3. The molecule has 0 saturated carbocycles. The summed E-state index contributed by atoms with van der Waals surface area (Å²) in [5, 5.41) is 4.11. The van der Waals surface area contributed by atoms with Crippen molar-refractivity contribution in [2.45, 2.75) is 25.0 Å². The van der Waals surface area contributed by atoms with Crippen LogP contribution in [0.3, 0.4) is 0 Å². The van der Waals surface area contributed by atoms with Crippen molar-refractivity contribution < 1.29 is 9.53 Å². The van der Waals surface area contributed by atoms with E-state index in [0.717, 1.165) is 29.4 Å². The first-order valence-electron chi connectivity index (χ1n) is 8.44. The Hall–Kier alpha value is -2.73. The Morgan fingerprint density at radius 2 is 2.28 bits per heavy atom. The summed E-state index contributed by atoms with van der Waals surface area (Å²) in [6, 6.07) is 9.52. The lowest BCUT2D eigenvalue weighted by atomic mass is 10.0. The molecular formula is C19H20N4O2. The van der Waals surface area contributed by atoms with Gasteiger partial charge in [0.15, 0.2) is 0 Å². The fraction of sp³-hybridized carbons (Fsp3) is 0.316. The first-order valence-corrected chi connectivity index (χ1v) is 8.44. The molecule has 6 heteroatoms. The van der Waals surface area contributed by atoms with Crippen LogP contribution in [0.15, 0.2) is 49.1 Å². The van der Waals surface area contributed by atoms with Crippen LogP contribution >= 0.6 is 0 Å². The fourth-order valence-corrected chi connectivity index (χ4v) is 3.30. The van der Waals surface area contributed by atoms with E-state index >= 15 is 0 Å². The van der Waals surface area contributed by atoms with Gasteiger partial charge in [-0.2, -0.15) is 0 Å². The van der Waals surface area contributed by atoms with Crippen LogP contribution in [0.4, 0.5) is 0 Å². The van der Waals surface area contributed by atoms with Crippen molar-refractivity contribution in [2.24, 2.45) is 7.05 Å². The van der Waals surface area contributed by atoms with Gasteiger partial charge in [0.1, 0.15) is 6.10 Å². The molecule has 0 aliphatic carbocycles. The molecule has 1 aromatic carbocycles. The molecule has 6 nitrogen and oxygen atoms in total. The van der Waals surface area contributed by atoms with E-state index < -0.39 is 0 Å². The average molecular weight is 336 g/mol. The summed E-state index contributed by atoms with van der Waals surface area (Å²) in [5.41, 5.74) is 2.58. The Labute approximate surface area is 145 Å². The van der Waals surface area contributed by atoms with Gasteiger partial charge < -0.3 is 14.6 Å². The standard InChI is InChI=1S/C19H20N4O2/c1-23-12-20-11-17(23)18-10-15(6-8-25-18)22-19(24)14-4-5-16-13(9-14)3-2-7-21-16/h2-5,7,9,11-12,15,18H,6,8,10H2,1H3,(H,22,24)/t15-,18+/m1/s1.